The highest BCUT2D eigenvalue weighted by Gasteiger charge is 2.17. The summed E-state index contributed by atoms with van der Waals surface area (Å²) >= 11 is 0. The highest BCUT2D eigenvalue weighted by Crippen LogP contribution is 2.20. The molecule has 1 amide bonds. The van der Waals surface area contributed by atoms with E-state index in [9.17, 15) is 9.18 Å². The van der Waals surface area contributed by atoms with Crippen molar-refractivity contribution in [3.8, 4) is 0 Å². The van der Waals surface area contributed by atoms with Crippen LogP contribution < -0.4 is 10.6 Å². The molecule has 0 unspecified atom stereocenters. The number of nitrogens with one attached hydrogen (secondary N) is 2. The summed E-state index contributed by atoms with van der Waals surface area (Å²) in [7, 11) is 0. The number of nitrogens with zero attached hydrogens (tertiary/aromatic N) is 2. The molecule has 0 atom stereocenters. The first kappa shape index (κ1) is 17.3. The Morgan fingerprint density at radius 3 is 2.56 bits per heavy atom. The van der Waals surface area contributed by atoms with Crippen molar-refractivity contribution in [3.63, 3.8) is 0 Å². The number of aromatic nitrogens is 2. The summed E-state index contributed by atoms with van der Waals surface area (Å²) in [5.74, 6) is 0.299. The number of hydrogen-bond acceptors (Lipinski definition) is 4. The number of amides is 1. The van der Waals surface area contributed by atoms with Gasteiger partial charge in [-0.15, -0.1) is 0 Å². The van der Waals surface area contributed by atoms with Gasteiger partial charge in [-0.1, -0.05) is 37.8 Å². The topological polar surface area (TPSA) is 66.9 Å². The lowest BCUT2D eigenvalue weighted by Crippen LogP contribution is -2.35. The van der Waals surface area contributed by atoms with Crippen LogP contribution in [0.15, 0.2) is 30.3 Å². The molecular formula is C19H23FN4O. The Kier molecular flexibility index (Phi) is 5.58. The highest BCUT2D eigenvalue weighted by molar-refractivity contribution is 5.93. The van der Waals surface area contributed by atoms with Gasteiger partial charge in [-0.05, 0) is 31.9 Å². The monoisotopic (exact) mass is 342 g/mol. The first-order valence-electron chi connectivity index (χ1n) is 8.80. The third-order valence-electron chi connectivity index (χ3n) is 4.40. The third kappa shape index (κ3) is 4.75. The molecule has 2 aromatic rings. The molecule has 0 saturated heterocycles. The van der Waals surface area contributed by atoms with Crippen molar-refractivity contribution in [3.05, 3.63) is 47.7 Å². The van der Waals surface area contributed by atoms with Crippen LogP contribution in [-0.4, -0.2) is 21.9 Å². The Balaban J connectivity index is 1.74. The van der Waals surface area contributed by atoms with Crippen molar-refractivity contribution in [1.82, 2.24) is 15.3 Å². The Labute approximate surface area is 147 Å². The van der Waals surface area contributed by atoms with E-state index in [1.54, 1.807) is 31.2 Å². The van der Waals surface area contributed by atoms with Gasteiger partial charge in [0.15, 0.2) is 0 Å². The summed E-state index contributed by atoms with van der Waals surface area (Å²) in [6.45, 7) is 1.72. The summed E-state index contributed by atoms with van der Waals surface area (Å²) in [6.07, 6.45) is 6.78. The Hall–Kier alpha value is -2.50. The van der Waals surface area contributed by atoms with E-state index in [4.69, 9.17) is 0 Å². The van der Waals surface area contributed by atoms with Crippen LogP contribution in [0, 0.1) is 12.7 Å². The predicted octanol–water partition coefficient (Wildman–Crippen LogP) is 4.12. The summed E-state index contributed by atoms with van der Waals surface area (Å²) < 4.78 is 13.8. The van der Waals surface area contributed by atoms with E-state index in [0.717, 1.165) is 25.7 Å². The fourth-order valence-electron chi connectivity index (χ4n) is 3.13. The Morgan fingerprint density at radius 2 is 1.84 bits per heavy atom. The fraction of sp³-hybridized carbons (Fsp3) is 0.421. The molecule has 1 fully saturated rings. The van der Waals surface area contributed by atoms with Gasteiger partial charge >= 0.3 is 0 Å². The molecule has 1 aromatic heterocycles. The molecule has 1 aliphatic rings. The minimum Gasteiger partial charge on any atom is -0.348 e. The number of anilines is 2. The first-order valence-corrected chi connectivity index (χ1v) is 8.80. The largest absolute Gasteiger partial charge is 0.348 e. The quantitative estimate of drug-likeness (QED) is 0.820. The second-order valence-corrected chi connectivity index (χ2v) is 6.45. The van der Waals surface area contributed by atoms with Gasteiger partial charge in [-0.2, -0.15) is 0 Å². The summed E-state index contributed by atoms with van der Waals surface area (Å²) in [5, 5.41) is 5.99. The van der Waals surface area contributed by atoms with Crippen LogP contribution in [0.2, 0.25) is 0 Å². The number of halogens is 1. The number of carbonyl (C=O) groups is 1. The summed E-state index contributed by atoms with van der Waals surface area (Å²) in [6, 6.07) is 8.11. The SMILES string of the molecule is Cc1nc(Nc2ccccc2F)cc(C(=O)NC2CCCCCC2)n1. The van der Waals surface area contributed by atoms with Gasteiger partial charge in [0.2, 0.25) is 0 Å². The maximum Gasteiger partial charge on any atom is 0.270 e. The lowest BCUT2D eigenvalue weighted by molar-refractivity contribution is 0.0928. The molecule has 0 bridgehead atoms. The van der Waals surface area contributed by atoms with E-state index >= 15 is 0 Å². The van der Waals surface area contributed by atoms with Gasteiger partial charge < -0.3 is 10.6 Å². The normalized spacial score (nSPS) is 15.4. The zero-order chi connectivity index (χ0) is 17.6. The maximum atomic E-state index is 13.8. The van der Waals surface area contributed by atoms with Crippen LogP contribution in [0.5, 0.6) is 0 Å². The van der Waals surface area contributed by atoms with E-state index in [1.807, 2.05) is 0 Å². The lowest BCUT2D eigenvalue weighted by Gasteiger charge is -2.16. The Morgan fingerprint density at radius 1 is 1.12 bits per heavy atom. The molecule has 5 nitrogen and oxygen atoms in total. The molecular weight excluding hydrogens is 319 g/mol. The molecule has 3 rings (SSSR count). The van der Waals surface area contributed by atoms with Crippen molar-refractivity contribution in [2.45, 2.75) is 51.5 Å². The van der Waals surface area contributed by atoms with Gasteiger partial charge in [0.05, 0.1) is 5.69 Å². The molecule has 0 aliphatic heterocycles. The van der Waals surface area contributed by atoms with Crippen LogP contribution in [0.25, 0.3) is 0 Å². The minimum absolute atomic E-state index is 0.200. The van der Waals surface area contributed by atoms with Crippen molar-refractivity contribution in [1.29, 1.82) is 0 Å². The minimum atomic E-state index is -0.372. The zero-order valence-corrected chi connectivity index (χ0v) is 14.4. The van der Waals surface area contributed by atoms with Gasteiger partial charge in [0, 0.05) is 12.1 Å². The van der Waals surface area contributed by atoms with Crippen molar-refractivity contribution >= 4 is 17.4 Å². The second kappa shape index (κ2) is 8.05. The molecule has 1 aliphatic carbocycles. The van der Waals surface area contributed by atoms with Crippen LogP contribution in [0.1, 0.15) is 54.8 Å². The van der Waals surface area contributed by atoms with Crippen LogP contribution in [-0.2, 0) is 0 Å². The molecule has 2 N–H and O–H groups in total. The molecule has 1 aromatic carbocycles. The van der Waals surface area contributed by atoms with Gasteiger partial charge in [0.25, 0.3) is 5.91 Å². The number of aryl methyl sites for hydroxylation is 1. The van der Waals surface area contributed by atoms with E-state index in [0.29, 0.717) is 23.0 Å². The molecule has 25 heavy (non-hydrogen) atoms. The number of benzene rings is 1. The van der Waals surface area contributed by atoms with Gasteiger partial charge in [-0.25, -0.2) is 14.4 Å². The summed E-state index contributed by atoms with van der Waals surface area (Å²) in [4.78, 5) is 21.0. The average molecular weight is 342 g/mol. The predicted molar refractivity (Wildman–Crippen MR) is 95.4 cm³/mol. The molecule has 1 saturated carbocycles. The van der Waals surface area contributed by atoms with Crippen molar-refractivity contribution in [2.75, 3.05) is 5.32 Å². The maximum absolute atomic E-state index is 13.8. The van der Waals surface area contributed by atoms with Gasteiger partial charge in [0.1, 0.15) is 23.2 Å². The average Bonchev–Trinajstić information content (AvgIpc) is 2.85. The number of rotatable bonds is 4. The fourth-order valence-corrected chi connectivity index (χ4v) is 3.13. The van der Waals surface area contributed by atoms with Crippen molar-refractivity contribution < 1.29 is 9.18 Å². The number of carbonyl (C=O) groups excluding carboxylic acids is 1. The number of para-hydroxylation sites is 1. The second-order valence-electron chi connectivity index (χ2n) is 6.45. The van der Waals surface area contributed by atoms with Crippen LogP contribution in [0.3, 0.4) is 0 Å². The molecule has 1 heterocycles. The first-order chi connectivity index (χ1) is 12.1. The van der Waals surface area contributed by atoms with E-state index < -0.39 is 0 Å². The molecule has 0 spiro atoms. The number of hydrogen-bond donors (Lipinski definition) is 2. The van der Waals surface area contributed by atoms with E-state index in [-0.39, 0.29) is 17.8 Å². The van der Waals surface area contributed by atoms with E-state index in [2.05, 4.69) is 20.6 Å². The van der Waals surface area contributed by atoms with Crippen LogP contribution in [0.4, 0.5) is 15.9 Å². The molecule has 6 heteroatoms. The summed E-state index contributed by atoms with van der Waals surface area (Å²) in [5.41, 5.74) is 0.617. The molecule has 132 valence electrons. The molecule has 0 radical (unpaired) electrons. The van der Waals surface area contributed by atoms with Crippen LogP contribution >= 0.6 is 0 Å². The lowest BCUT2D eigenvalue weighted by atomic mass is 10.1. The standard InChI is InChI=1S/C19H23FN4O/c1-13-21-17(19(25)23-14-8-4-2-3-5-9-14)12-18(22-13)24-16-11-7-6-10-15(16)20/h6-7,10-12,14H,2-5,8-9H2,1H3,(H,23,25)(H,21,22,24). The zero-order valence-electron chi connectivity index (χ0n) is 14.4. The Bertz CT molecular complexity index is 742. The third-order valence-corrected chi connectivity index (χ3v) is 4.40. The smallest absolute Gasteiger partial charge is 0.270 e. The van der Waals surface area contributed by atoms with Gasteiger partial charge in [-0.3, -0.25) is 4.79 Å². The van der Waals surface area contributed by atoms with Crippen molar-refractivity contribution in [2.24, 2.45) is 0 Å². The van der Waals surface area contributed by atoms with E-state index in [1.165, 1.54) is 18.9 Å². The highest BCUT2D eigenvalue weighted by atomic mass is 19.1.